The zero-order valence-electron chi connectivity index (χ0n) is 13.6. The quantitative estimate of drug-likeness (QED) is 0.881. The molecule has 0 spiro atoms. The first-order valence-corrected chi connectivity index (χ1v) is 9.17. The lowest BCUT2D eigenvalue weighted by Crippen LogP contribution is -2.26. The van der Waals surface area contributed by atoms with Crippen LogP contribution in [0.1, 0.15) is 24.1 Å². The van der Waals surface area contributed by atoms with Crippen molar-refractivity contribution in [3.05, 3.63) is 41.6 Å². The fraction of sp³-hybridized carbons (Fsp3) is 0.375. The summed E-state index contributed by atoms with van der Waals surface area (Å²) in [5, 5.41) is 0. The van der Waals surface area contributed by atoms with Gasteiger partial charge in [0.1, 0.15) is 6.26 Å². The third kappa shape index (κ3) is 3.34. The number of nitrogens with zero attached hydrogens (tertiary/aromatic N) is 2. The molecule has 8 heteroatoms. The number of nitrogens with one attached hydrogen (secondary N) is 1. The minimum absolute atomic E-state index is 0.0367. The second kappa shape index (κ2) is 6.37. The lowest BCUT2D eigenvalue weighted by molar-refractivity contribution is -0.116. The van der Waals surface area contributed by atoms with Crippen LogP contribution in [0.15, 0.2) is 33.8 Å². The monoisotopic (exact) mass is 349 g/mol. The summed E-state index contributed by atoms with van der Waals surface area (Å²) in [4.78, 5) is 17.6. The summed E-state index contributed by atoms with van der Waals surface area (Å²) in [5.41, 5.74) is 2.38. The van der Waals surface area contributed by atoms with Gasteiger partial charge in [-0.15, -0.1) is 0 Å². The molecule has 0 bridgehead atoms. The highest BCUT2D eigenvalue weighted by atomic mass is 32.2. The number of hydrogen-bond acceptors (Lipinski definition) is 5. The molecule has 2 heterocycles. The predicted molar refractivity (Wildman–Crippen MR) is 88.3 cm³/mol. The summed E-state index contributed by atoms with van der Waals surface area (Å²) in [5.74, 6) is 0.520. The maximum absolute atomic E-state index is 12.4. The zero-order chi connectivity index (χ0) is 17.3. The number of anilines is 1. The van der Waals surface area contributed by atoms with Gasteiger partial charge >= 0.3 is 0 Å². The van der Waals surface area contributed by atoms with E-state index in [4.69, 9.17) is 4.42 Å². The number of hydrogen-bond donors (Lipinski definition) is 1. The van der Waals surface area contributed by atoms with E-state index >= 15 is 0 Å². The average Bonchev–Trinajstić information content (AvgIpc) is 3.12. The van der Waals surface area contributed by atoms with E-state index in [2.05, 4.69) is 9.71 Å². The predicted octanol–water partition coefficient (Wildman–Crippen LogP) is 1.41. The molecule has 128 valence electrons. The summed E-state index contributed by atoms with van der Waals surface area (Å²) >= 11 is 0. The molecule has 0 saturated carbocycles. The van der Waals surface area contributed by atoms with Crippen molar-refractivity contribution in [2.45, 2.75) is 31.6 Å². The average molecular weight is 349 g/mol. The number of amides is 1. The summed E-state index contributed by atoms with van der Waals surface area (Å²) < 4.78 is 32.5. The zero-order valence-corrected chi connectivity index (χ0v) is 14.4. The first-order chi connectivity index (χ1) is 11.4. The Kier molecular flexibility index (Phi) is 4.42. The molecule has 0 aliphatic carbocycles. The van der Waals surface area contributed by atoms with Crippen LogP contribution in [0.2, 0.25) is 0 Å². The van der Waals surface area contributed by atoms with Gasteiger partial charge in [-0.2, -0.15) is 0 Å². The molecular weight excluding hydrogens is 330 g/mol. The van der Waals surface area contributed by atoms with Gasteiger partial charge in [0.25, 0.3) is 0 Å². The van der Waals surface area contributed by atoms with E-state index in [1.54, 1.807) is 24.0 Å². The molecule has 7 nitrogen and oxygen atoms in total. The van der Waals surface area contributed by atoms with E-state index in [0.29, 0.717) is 31.0 Å². The summed E-state index contributed by atoms with van der Waals surface area (Å²) in [6.45, 7) is 4.08. The van der Waals surface area contributed by atoms with Crippen LogP contribution in [0, 0.1) is 6.92 Å². The molecule has 1 amide bonds. The van der Waals surface area contributed by atoms with Crippen LogP contribution in [0.5, 0.6) is 0 Å². The molecule has 0 atom stereocenters. The van der Waals surface area contributed by atoms with Gasteiger partial charge < -0.3 is 9.32 Å². The van der Waals surface area contributed by atoms with E-state index in [1.807, 2.05) is 0 Å². The molecule has 1 aliphatic rings. The number of carbonyl (C=O) groups is 1. The molecule has 1 aromatic carbocycles. The highest BCUT2D eigenvalue weighted by Gasteiger charge is 2.24. The summed E-state index contributed by atoms with van der Waals surface area (Å²) in [7, 11) is -3.59. The van der Waals surface area contributed by atoms with Crippen molar-refractivity contribution in [2.75, 3.05) is 18.0 Å². The number of aryl methyl sites for hydroxylation is 1. The Morgan fingerprint density at radius 3 is 2.88 bits per heavy atom. The van der Waals surface area contributed by atoms with Gasteiger partial charge in [0.2, 0.25) is 15.9 Å². The van der Waals surface area contributed by atoms with Crippen molar-refractivity contribution in [2.24, 2.45) is 0 Å². The van der Waals surface area contributed by atoms with Crippen LogP contribution in [0.25, 0.3) is 0 Å². The van der Waals surface area contributed by atoms with Crippen LogP contribution in [0.4, 0.5) is 5.69 Å². The number of oxazole rings is 1. The highest BCUT2D eigenvalue weighted by molar-refractivity contribution is 7.89. The van der Waals surface area contributed by atoms with Crippen molar-refractivity contribution in [3.63, 3.8) is 0 Å². The van der Waals surface area contributed by atoms with Crippen molar-refractivity contribution in [3.8, 4) is 0 Å². The van der Waals surface area contributed by atoms with Crippen LogP contribution < -0.4 is 9.62 Å². The third-order valence-electron chi connectivity index (χ3n) is 3.98. The fourth-order valence-corrected chi connectivity index (χ4v) is 3.87. The summed E-state index contributed by atoms with van der Waals surface area (Å²) in [6.07, 6.45) is 2.64. The number of aromatic nitrogens is 1. The van der Waals surface area contributed by atoms with E-state index in [1.165, 1.54) is 19.3 Å². The molecule has 0 unspecified atom stereocenters. The SMILES string of the molecule is CC(=O)N1CCc2cc(S(=O)(=O)NCCc3coc(C)n3)ccc21. The molecular formula is C16H19N3O4S. The van der Waals surface area contributed by atoms with Gasteiger partial charge in [-0.05, 0) is 30.2 Å². The normalized spacial score (nSPS) is 14.0. The van der Waals surface area contributed by atoms with Gasteiger partial charge in [0, 0.05) is 39.0 Å². The molecule has 2 aromatic rings. The Labute approximate surface area is 140 Å². The molecule has 3 rings (SSSR count). The topological polar surface area (TPSA) is 92.5 Å². The molecule has 1 aliphatic heterocycles. The standard InChI is InChI=1S/C16H19N3O4S/c1-11-18-14(10-23-11)5-7-17-24(21,22)15-3-4-16-13(9-15)6-8-19(16)12(2)20/h3-4,9-10,17H,5-8H2,1-2H3. The number of carbonyl (C=O) groups excluding carboxylic acids is 1. The second-order valence-corrected chi connectivity index (χ2v) is 7.48. The number of fused-ring (bicyclic) bond motifs is 1. The van der Waals surface area contributed by atoms with Gasteiger partial charge in [0.15, 0.2) is 5.89 Å². The van der Waals surface area contributed by atoms with Crippen molar-refractivity contribution >= 4 is 21.6 Å². The second-order valence-electron chi connectivity index (χ2n) is 5.72. The first kappa shape index (κ1) is 16.7. The Bertz CT molecular complexity index is 873. The minimum Gasteiger partial charge on any atom is -0.449 e. The first-order valence-electron chi connectivity index (χ1n) is 7.68. The van der Waals surface area contributed by atoms with Gasteiger partial charge in [0.05, 0.1) is 10.6 Å². The van der Waals surface area contributed by atoms with Crippen LogP contribution >= 0.6 is 0 Å². The van der Waals surface area contributed by atoms with E-state index < -0.39 is 10.0 Å². The summed E-state index contributed by atoms with van der Waals surface area (Å²) in [6, 6.07) is 4.86. The molecule has 1 aromatic heterocycles. The Hall–Kier alpha value is -2.19. The molecule has 0 radical (unpaired) electrons. The van der Waals surface area contributed by atoms with E-state index in [0.717, 1.165) is 11.3 Å². The Morgan fingerprint density at radius 2 is 2.21 bits per heavy atom. The lowest BCUT2D eigenvalue weighted by Gasteiger charge is -2.15. The number of rotatable bonds is 5. The van der Waals surface area contributed by atoms with Crippen LogP contribution in [-0.4, -0.2) is 32.4 Å². The molecule has 24 heavy (non-hydrogen) atoms. The van der Waals surface area contributed by atoms with E-state index in [9.17, 15) is 13.2 Å². The maximum atomic E-state index is 12.4. The van der Waals surface area contributed by atoms with Crippen molar-refractivity contribution in [1.29, 1.82) is 0 Å². The van der Waals surface area contributed by atoms with E-state index in [-0.39, 0.29) is 17.3 Å². The lowest BCUT2D eigenvalue weighted by atomic mass is 10.2. The smallest absolute Gasteiger partial charge is 0.240 e. The highest BCUT2D eigenvalue weighted by Crippen LogP contribution is 2.30. The number of sulfonamides is 1. The molecule has 0 saturated heterocycles. The third-order valence-corrected chi connectivity index (χ3v) is 5.44. The Balaban J connectivity index is 1.70. The molecule has 1 N–H and O–H groups in total. The fourth-order valence-electron chi connectivity index (χ4n) is 2.79. The van der Waals surface area contributed by atoms with Crippen molar-refractivity contribution < 1.29 is 17.6 Å². The Morgan fingerprint density at radius 1 is 1.42 bits per heavy atom. The molecule has 0 fully saturated rings. The van der Waals surface area contributed by atoms with Crippen LogP contribution in [0.3, 0.4) is 0 Å². The minimum atomic E-state index is -3.59. The number of benzene rings is 1. The maximum Gasteiger partial charge on any atom is 0.240 e. The van der Waals surface area contributed by atoms with Crippen LogP contribution in [-0.2, 0) is 27.7 Å². The van der Waals surface area contributed by atoms with Gasteiger partial charge in [-0.25, -0.2) is 18.1 Å². The van der Waals surface area contributed by atoms with Gasteiger partial charge in [-0.3, -0.25) is 4.79 Å². The van der Waals surface area contributed by atoms with Gasteiger partial charge in [-0.1, -0.05) is 0 Å². The van der Waals surface area contributed by atoms with Crippen molar-refractivity contribution in [1.82, 2.24) is 9.71 Å². The largest absolute Gasteiger partial charge is 0.449 e.